The van der Waals surface area contributed by atoms with Crippen molar-refractivity contribution in [2.24, 2.45) is 0 Å². The highest BCUT2D eigenvalue weighted by atomic mass is 35.5. The van der Waals surface area contributed by atoms with Gasteiger partial charge in [0.1, 0.15) is 0 Å². The highest BCUT2D eigenvalue weighted by molar-refractivity contribution is 7.00. The summed E-state index contributed by atoms with van der Waals surface area (Å²) in [5.74, 6) is 0. The molecular weight excluding hydrogens is 716 g/mol. The van der Waals surface area contributed by atoms with Crippen LogP contribution in [-0.4, -0.2) is 13.4 Å². The Bertz CT molecular complexity index is 2150. The lowest BCUT2D eigenvalue weighted by atomic mass is 9.32. The number of halogens is 4. The van der Waals surface area contributed by atoms with E-state index in [1.54, 1.807) is 0 Å². The number of hydrogen-bond acceptors (Lipinski definition) is 0. The predicted octanol–water partition coefficient (Wildman–Crippen LogP) is 10.2. The van der Waals surface area contributed by atoms with Gasteiger partial charge in [-0.2, -0.15) is 0 Å². The predicted molar refractivity (Wildman–Crippen MR) is 236 cm³/mol. The van der Waals surface area contributed by atoms with E-state index >= 15 is 0 Å². The largest absolute Gasteiger partial charge is 0.243 e. The molecule has 52 heavy (non-hydrogen) atoms. The third-order valence-electron chi connectivity index (χ3n) is 11.5. The van der Waals surface area contributed by atoms with Crippen molar-refractivity contribution < 1.29 is 0 Å². The molecule has 0 aliphatic rings. The Morgan fingerprint density at radius 3 is 0.788 bits per heavy atom. The van der Waals surface area contributed by atoms with E-state index in [1.807, 2.05) is 0 Å². The quantitative estimate of drug-likeness (QED) is 0.148. The Morgan fingerprint density at radius 2 is 0.558 bits per heavy atom. The molecule has 0 nitrogen and oxygen atoms in total. The molecule has 6 aromatic carbocycles. The van der Waals surface area contributed by atoms with Gasteiger partial charge >= 0.3 is 0 Å². The van der Waals surface area contributed by atoms with Gasteiger partial charge in [-0.05, 0) is 138 Å². The van der Waals surface area contributed by atoms with E-state index < -0.39 is 0 Å². The normalized spacial score (nSPS) is 11.5. The summed E-state index contributed by atoms with van der Waals surface area (Å²) < 4.78 is 0. The highest BCUT2D eigenvalue weighted by Crippen LogP contribution is 2.28. The summed E-state index contributed by atoms with van der Waals surface area (Å²) in [7, 11) is 0. The molecule has 0 N–H and O–H groups in total. The fourth-order valence-corrected chi connectivity index (χ4v) is 9.88. The van der Waals surface area contributed by atoms with Crippen LogP contribution in [-0.2, 0) is 0 Å². The van der Waals surface area contributed by atoms with Crippen LogP contribution >= 0.6 is 46.4 Å². The maximum absolute atomic E-state index is 7.09. The van der Waals surface area contributed by atoms with Crippen LogP contribution in [0.2, 0.25) is 20.1 Å². The molecule has 6 aromatic rings. The standard InChI is InChI=1S/C46H46B2Cl4/c1-23-19-27(5)43(49)31(9)39(23)47(40-24(2)20-28(6)44(50)32(40)10)37-17-13-16-36-35(37)15-14-18-38(36)48(41-25(3)21-29(7)45(51)33(41)11)42-26(4)22-30(8)46(52)34(42)12/h13-22H,1-12H3. The van der Waals surface area contributed by atoms with Crippen molar-refractivity contribution in [2.45, 2.75) is 83.1 Å². The van der Waals surface area contributed by atoms with Crippen LogP contribution in [0, 0.1) is 83.1 Å². The zero-order valence-electron chi connectivity index (χ0n) is 32.4. The molecule has 0 saturated heterocycles. The molecule has 0 fully saturated rings. The molecule has 0 aromatic heterocycles. The molecule has 0 aliphatic heterocycles. The number of fused-ring (bicyclic) bond motifs is 1. The second-order valence-corrected chi connectivity index (χ2v) is 16.6. The first-order valence-corrected chi connectivity index (χ1v) is 19.5. The van der Waals surface area contributed by atoms with Crippen LogP contribution in [0.5, 0.6) is 0 Å². The highest BCUT2D eigenvalue weighted by Gasteiger charge is 2.35. The van der Waals surface area contributed by atoms with Crippen molar-refractivity contribution in [2.75, 3.05) is 0 Å². The first-order chi connectivity index (χ1) is 24.5. The summed E-state index contributed by atoms with van der Waals surface area (Å²) in [6, 6.07) is 22.5. The van der Waals surface area contributed by atoms with Gasteiger partial charge in [0.05, 0.1) is 0 Å². The summed E-state index contributed by atoms with van der Waals surface area (Å²) in [4.78, 5) is 0. The van der Waals surface area contributed by atoms with Crippen molar-refractivity contribution in [3.63, 3.8) is 0 Å². The maximum Gasteiger partial charge on any atom is 0.243 e. The zero-order valence-corrected chi connectivity index (χ0v) is 35.5. The van der Waals surface area contributed by atoms with Crippen molar-refractivity contribution in [3.05, 3.63) is 148 Å². The fourth-order valence-electron chi connectivity index (χ4n) is 9.25. The first kappa shape index (κ1) is 38.6. The average Bonchev–Trinajstić information content (AvgIpc) is 3.09. The molecule has 6 heteroatoms. The number of aryl methyl sites for hydroxylation is 8. The molecule has 0 aliphatic carbocycles. The minimum absolute atomic E-state index is 0.108. The number of rotatable bonds is 6. The Hall–Kier alpha value is -3.13. The molecule has 264 valence electrons. The van der Waals surface area contributed by atoms with Crippen molar-refractivity contribution in [1.29, 1.82) is 0 Å². The number of benzene rings is 6. The molecule has 0 atom stereocenters. The van der Waals surface area contributed by atoms with E-state index in [4.69, 9.17) is 46.4 Å². The molecule has 0 spiro atoms. The van der Waals surface area contributed by atoms with E-state index in [2.05, 4.69) is 144 Å². The van der Waals surface area contributed by atoms with E-state index in [0.717, 1.165) is 64.6 Å². The molecule has 0 bridgehead atoms. The van der Waals surface area contributed by atoms with Gasteiger partial charge in [0, 0.05) is 20.1 Å². The lowest BCUT2D eigenvalue weighted by molar-refractivity contribution is 1.34. The van der Waals surface area contributed by atoms with Gasteiger partial charge in [0.2, 0.25) is 13.4 Å². The second-order valence-electron chi connectivity index (χ2n) is 15.1. The van der Waals surface area contributed by atoms with Gasteiger partial charge in [-0.3, -0.25) is 0 Å². The van der Waals surface area contributed by atoms with Crippen LogP contribution in [0.25, 0.3) is 10.8 Å². The fraction of sp³-hybridized carbons (Fsp3) is 0.261. The third kappa shape index (κ3) is 6.32. The molecule has 0 amide bonds. The summed E-state index contributed by atoms with van der Waals surface area (Å²) in [5, 5.41) is 5.63. The Kier molecular flexibility index (Phi) is 10.8. The van der Waals surface area contributed by atoms with Gasteiger partial charge in [-0.1, -0.05) is 162 Å². The topological polar surface area (TPSA) is 0 Å². The average molecular weight is 762 g/mol. The van der Waals surface area contributed by atoms with Crippen LogP contribution in [0.4, 0.5) is 0 Å². The minimum Gasteiger partial charge on any atom is -0.0838 e. The Labute approximate surface area is 332 Å². The van der Waals surface area contributed by atoms with E-state index in [0.29, 0.717) is 0 Å². The van der Waals surface area contributed by atoms with Gasteiger partial charge in [-0.25, -0.2) is 0 Å². The van der Waals surface area contributed by atoms with Gasteiger partial charge in [-0.15, -0.1) is 0 Å². The molecule has 0 radical (unpaired) electrons. The second kappa shape index (κ2) is 14.6. The minimum atomic E-state index is -0.108. The molecule has 6 rings (SSSR count). The molecule has 0 unspecified atom stereocenters. The summed E-state index contributed by atoms with van der Waals surface area (Å²) in [5.41, 5.74) is 21.0. The SMILES string of the molecule is Cc1cc(C)c(B(c2c(C)cc(C)c(Cl)c2C)c2cccc3c(B(c4c(C)cc(C)c(Cl)c4C)c4c(C)cc(C)c(Cl)c4C)cccc23)c(C)c1Cl. The summed E-state index contributed by atoms with van der Waals surface area (Å²) in [6.07, 6.45) is 0. The number of hydrogen-bond donors (Lipinski definition) is 0. The van der Waals surface area contributed by atoms with Gasteiger partial charge < -0.3 is 0 Å². The van der Waals surface area contributed by atoms with Crippen LogP contribution < -0.4 is 32.8 Å². The van der Waals surface area contributed by atoms with E-state index in [9.17, 15) is 0 Å². The zero-order chi connectivity index (χ0) is 38.1. The van der Waals surface area contributed by atoms with Crippen LogP contribution in [0.1, 0.15) is 66.8 Å². The van der Waals surface area contributed by atoms with Gasteiger partial charge in [0.15, 0.2) is 0 Å². The summed E-state index contributed by atoms with van der Waals surface area (Å²) in [6.45, 7) is 25.7. The van der Waals surface area contributed by atoms with E-state index in [1.165, 1.54) is 65.8 Å². The lowest BCUT2D eigenvalue weighted by Gasteiger charge is -2.29. The van der Waals surface area contributed by atoms with Gasteiger partial charge in [0.25, 0.3) is 0 Å². The van der Waals surface area contributed by atoms with Crippen LogP contribution in [0.3, 0.4) is 0 Å². The maximum atomic E-state index is 7.09. The van der Waals surface area contributed by atoms with Crippen molar-refractivity contribution >= 4 is 103 Å². The van der Waals surface area contributed by atoms with Crippen LogP contribution in [0.15, 0.2) is 60.7 Å². The Morgan fingerprint density at radius 1 is 0.327 bits per heavy atom. The van der Waals surface area contributed by atoms with E-state index in [-0.39, 0.29) is 13.4 Å². The van der Waals surface area contributed by atoms with Crippen molar-refractivity contribution in [3.8, 4) is 0 Å². The monoisotopic (exact) mass is 760 g/mol. The van der Waals surface area contributed by atoms with Crippen molar-refractivity contribution in [1.82, 2.24) is 0 Å². The first-order valence-electron chi connectivity index (χ1n) is 18.0. The molecular formula is C46H46B2Cl4. The smallest absolute Gasteiger partial charge is 0.0838 e. The molecule has 0 saturated carbocycles. The summed E-state index contributed by atoms with van der Waals surface area (Å²) >= 11 is 28.4. The molecule has 0 heterocycles. The Balaban J connectivity index is 1.78. The third-order valence-corrected chi connectivity index (χ3v) is 13.8. The lowest BCUT2D eigenvalue weighted by Crippen LogP contribution is -2.57.